The first-order chi connectivity index (χ1) is 13.7. The van der Waals surface area contributed by atoms with E-state index in [0.29, 0.717) is 12.1 Å². The largest absolute Gasteiger partial charge is 0.343 e. The van der Waals surface area contributed by atoms with Crippen molar-refractivity contribution in [3.8, 4) is 0 Å². The van der Waals surface area contributed by atoms with Crippen LogP contribution in [0.3, 0.4) is 0 Å². The molecule has 4 heteroatoms. The molecule has 0 aliphatic heterocycles. The first-order valence-corrected chi connectivity index (χ1v) is 9.84. The maximum Gasteiger partial charge on any atom is 0.128 e. The standard InChI is InChI=1S/C24H22ClFN2/c25-21-11-9-18(10-12-21)13-14-27-15-20-17-28(24-8-4-2-6-22(20)24)16-19-5-1-3-7-23(19)26/h1-12,17,27H,13-16H2. The number of para-hydroxylation sites is 1. The minimum Gasteiger partial charge on any atom is -0.343 e. The topological polar surface area (TPSA) is 17.0 Å². The number of hydrogen-bond donors (Lipinski definition) is 1. The van der Waals surface area contributed by atoms with Crippen molar-refractivity contribution >= 4 is 22.5 Å². The van der Waals surface area contributed by atoms with Crippen molar-refractivity contribution in [3.05, 3.63) is 107 Å². The number of aromatic nitrogens is 1. The number of benzene rings is 3. The SMILES string of the molecule is Fc1ccccc1Cn1cc(CNCCc2ccc(Cl)cc2)c2ccccc21. The van der Waals surface area contributed by atoms with E-state index in [2.05, 4.69) is 40.3 Å². The molecule has 4 rings (SSSR count). The Labute approximate surface area is 169 Å². The van der Waals surface area contributed by atoms with Gasteiger partial charge in [0.15, 0.2) is 0 Å². The number of halogens is 2. The van der Waals surface area contributed by atoms with Crippen LogP contribution in [0.25, 0.3) is 10.9 Å². The van der Waals surface area contributed by atoms with Crippen molar-refractivity contribution in [1.82, 2.24) is 9.88 Å². The monoisotopic (exact) mass is 392 g/mol. The second kappa shape index (κ2) is 8.59. The summed E-state index contributed by atoms with van der Waals surface area (Å²) in [4.78, 5) is 0. The molecule has 1 aromatic heterocycles. The summed E-state index contributed by atoms with van der Waals surface area (Å²) in [5, 5.41) is 5.49. The molecule has 0 amide bonds. The summed E-state index contributed by atoms with van der Waals surface area (Å²) in [7, 11) is 0. The summed E-state index contributed by atoms with van der Waals surface area (Å²) in [6, 6.07) is 23.2. The summed E-state index contributed by atoms with van der Waals surface area (Å²) in [6.45, 7) is 2.19. The molecule has 1 N–H and O–H groups in total. The average Bonchev–Trinajstić information content (AvgIpc) is 3.06. The average molecular weight is 393 g/mol. The minimum atomic E-state index is -0.164. The van der Waals surface area contributed by atoms with Crippen LogP contribution in [0.1, 0.15) is 16.7 Å². The molecular weight excluding hydrogens is 371 g/mol. The molecule has 0 saturated carbocycles. The molecule has 28 heavy (non-hydrogen) atoms. The smallest absolute Gasteiger partial charge is 0.128 e. The van der Waals surface area contributed by atoms with Gasteiger partial charge in [0.25, 0.3) is 0 Å². The van der Waals surface area contributed by atoms with Crippen molar-refractivity contribution in [2.45, 2.75) is 19.5 Å². The Balaban J connectivity index is 1.46. The normalized spacial score (nSPS) is 11.2. The van der Waals surface area contributed by atoms with Gasteiger partial charge in [-0.1, -0.05) is 60.1 Å². The van der Waals surface area contributed by atoms with Crippen LogP contribution in [0.2, 0.25) is 5.02 Å². The molecule has 0 fully saturated rings. The molecule has 0 radical (unpaired) electrons. The Morgan fingerprint density at radius 3 is 2.43 bits per heavy atom. The zero-order valence-corrected chi connectivity index (χ0v) is 16.3. The summed E-state index contributed by atoms with van der Waals surface area (Å²) in [5.41, 5.74) is 4.31. The van der Waals surface area contributed by atoms with Crippen LogP contribution in [0.15, 0.2) is 79.0 Å². The van der Waals surface area contributed by atoms with Gasteiger partial charge in [0, 0.05) is 34.2 Å². The molecule has 0 bridgehead atoms. The third-order valence-corrected chi connectivity index (χ3v) is 5.24. The molecule has 0 aliphatic rings. The van der Waals surface area contributed by atoms with Crippen LogP contribution in [-0.2, 0) is 19.5 Å². The highest BCUT2D eigenvalue weighted by Gasteiger charge is 2.10. The fraction of sp³-hybridized carbons (Fsp3) is 0.167. The molecule has 0 atom stereocenters. The Hall–Kier alpha value is -2.62. The molecule has 0 spiro atoms. The molecule has 0 aliphatic carbocycles. The van der Waals surface area contributed by atoms with Crippen LogP contribution in [0, 0.1) is 5.82 Å². The van der Waals surface area contributed by atoms with E-state index < -0.39 is 0 Å². The Morgan fingerprint density at radius 2 is 1.61 bits per heavy atom. The second-order valence-corrected chi connectivity index (χ2v) is 7.38. The summed E-state index contributed by atoms with van der Waals surface area (Å²) >= 11 is 5.94. The molecule has 1 heterocycles. The zero-order chi connectivity index (χ0) is 19.3. The van der Waals surface area contributed by atoms with Gasteiger partial charge in [0.05, 0.1) is 6.54 Å². The van der Waals surface area contributed by atoms with Gasteiger partial charge in [-0.25, -0.2) is 4.39 Å². The van der Waals surface area contributed by atoms with Gasteiger partial charge in [0.2, 0.25) is 0 Å². The molecule has 0 unspecified atom stereocenters. The van der Waals surface area contributed by atoms with E-state index >= 15 is 0 Å². The molecular formula is C24H22ClFN2. The first kappa shape index (κ1) is 18.7. The van der Waals surface area contributed by atoms with E-state index in [1.807, 2.05) is 36.4 Å². The fourth-order valence-corrected chi connectivity index (χ4v) is 3.64. The Kier molecular flexibility index (Phi) is 5.75. The van der Waals surface area contributed by atoms with E-state index in [9.17, 15) is 4.39 Å². The number of nitrogens with one attached hydrogen (secondary N) is 1. The zero-order valence-electron chi connectivity index (χ0n) is 15.5. The van der Waals surface area contributed by atoms with E-state index in [0.717, 1.165) is 30.0 Å². The van der Waals surface area contributed by atoms with Gasteiger partial charge in [-0.2, -0.15) is 0 Å². The summed E-state index contributed by atoms with van der Waals surface area (Å²) < 4.78 is 16.2. The highest BCUT2D eigenvalue weighted by molar-refractivity contribution is 6.30. The highest BCUT2D eigenvalue weighted by Crippen LogP contribution is 2.23. The number of rotatable bonds is 7. The van der Waals surface area contributed by atoms with Crippen LogP contribution in [-0.4, -0.2) is 11.1 Å². The van der Waals surface area contributed by atoms with Gasteiger partial charge in [-0.05, 0) is 48.4 Å². The van der Waals surface area contributed by atoms with Crippen molar-refractivity contribution in [2.24, 2.45) is 0 Å². The lowest BCUT2D eigenvalue weighted by Gasteiger charge is -2.06. The maximum absolute atomic E-state index is 14.1. The van der Waals surface area contributed by atoms with Crippen LogP contribution >= 0.6 is 11.6 Å². The Bertz CT molecular complexity index is 1070. The van der Waals surface area contributed by atoms with Gasteiger partial charge in [-0.3, -0.25) is 0 Å². The second-order valence-electron chi connectivity index (χ2n) is 6.94. The van der Waals surface area contributed by atoms with Crippen LogP contribution in [0.5, 0.6) is 0 Å². The van der Waals surface area contributed by atoms with Crippen molar-refractivity contribution in [3.63, 3.8) is 0 Å². The van der Waals surface area contributed by atoms with Crippen LogP contribution < -0.4 is 5.32 Å². The summed E-state index contributed by atoms with van der Waals surface area (Å²) in [5.74, 6) is -0.164. The quantitative estimate of drug-likeness (QED) is 0.392. The predicted molar refractivity (Wildman–Crippen MR) is 114 cm³/mol. The molecule has 4 aromatic rings. The van der Waals surface area contributed by atoms with Crippen LogP contribution in [0.4, 0.5) is 4.39 Å². The maximum atomic E-state index is 14.1. The summed E-state index contributed by atoms with van der Waals surface area (Å²) in [6.07, 6.45) is 3.08. The van der Waals surface area contributed by atoms with Crippen molar-refractivity contribution in [2.75, 3.05) is 6.54 Å². The lowest BCUT2D eigenvalue weighted by molar-refractivity contribution is 0.601. The molecule has 2 nitrogen and oxygen atoms in total. The van der Waals surface area contributed by atoms with Gasteiger partial charge < -0.3 is 9.88 Å². The fourth-order valence-electron chi connectivity index (χ4n) is 3.51. The number of fused-ring (bicyclic) bond motifs is 1. The number of hydrogen-bond acceptors (Lipinski definition) is 1. The molecule has 142 valence electrons. The number of nitrogens with zero attached hydrogens (tertiary/aromatic N) is 1. The van der Waals surface area contributed by atoms with Crippen molar-refractivity contribution in [1.29, 1.82) is 0 Å². The third kappa shape index (κ3) is 4.27. The van der Waals surface area contributed by atoms with E-state index in [-0.39, 0.29) is 5.82 Å². The third-order valence-electron chi connectivity index (χ3n) is 4.99. The van der Waals surface area contributed by atoms with E-state index in [1.54, 1.807) is 6.07 Å². The van der Waals surface area contributed by atoms with Gasteiger partial charge in [0.1, 0.15) is 5.82 Å². The molecule has 3 aromatic carbocycles. The van der Waals surface area contributed by atoms with Crippen molar-refractivity contribution < 1.29 is 4.39 Å². The minimum absolute atomic E-state index is 0.164. The van der Waals surface area contributed by atoms with Gasteiger partial charge in [-0.15, -0.1) is 0 Å². The first-order valence-electron chi connectivity index (χ1n) is 9.46. The van der Waals surface area contributed by atoms with Gasteiger partial charge >= 0.3 is 0 Å². The highest BCUT2D eigenvalue weighted by atomic mass is 35.5. The predicted octanol–water partition coefficient (Wildman–Crippen LogP) is 5.81. The van der Waals surface area contributed by atoms with E-state index in [4.69, 9.17) is 11.6 Å². The Morgan fingerprint density at radius 1 is 0.857 bits per heavy atom. The lowest BCUT2D eigenvalue weighted by atomic mass is 10.1. The molecule has 0 saturated heterocycles. The lowest BCUT2D eigenvalue weighted by Crippen LogP contribution is -2.16. The van der Waals surface area contributed by atoms with E-state index in [1.165, 1.54) is 22.6 Å².